The molecule has 2 rings (SSSR count). The minimum atomic E-state index is -3.32. The Kier molecular flexibility index (Phi) is 5.03. The molecule has 6 heteroatoms. The van der Waals surface area contributed by atoms with E-state index in [9.17, 15) is 12.8 Å². The van der Waals surface area contributed by atoms with Crippen LogP contribution < -0.4 is 10.1 Å². The first-order valence-electron chi connectivity index (χ1n) is 6.85. The van der Waals surface area contributed by atoms with Gasteiger partial charge in [0, 0.05) is 12.6 Å². The normalized spacial score (nSPS) is 11.2. The highest BCUT2D eigenvalue weighted by Crippen LogP contribution is 2.23. The average Bonchev–Trinajstić information content (AvgIpc) is 2.52. The lowest BCUT2D eigenvalue weighted by Crippen LogP contribution is -2.09. The fourth-order valence-corrected chi connectivity index (χ4v) is 3.15. The summed E-state index contributed by atoms with van der Waals surface area (Å²) in [6.45, 7) is 1.90. The van der Waals surface area contributed by atoms with E-state index >= 15 is 0 Å². The molecule has 0 atom stereocenters. The number of sulfone groups is 1. The van der Waals surface area contributed by atoms with Crippen LogP contribution in [0.25, 0.3) is 0 Å². The fourth-order valence-electron chi connectivity index (χ4n) is 2.08. The first-order chi connectivity index (χ1) is 10.5. The van der Waals surface area contributed by atoms with Gasteiger partial charge in [0.25, 0.3) is 0 Å². The van der Waals surface area contributed by atoms with E-state index in [0.29, 0.717) is 23.5 Å². The summed E-state index contributed by atoms with van der Waals surface area (Å²) in [5.41, 5.74) is 1.17. The predicted octanol–water partition coefficient (Wildman–Crippen LogP) is 3.24. The summed E-state index contributed by atoms with van der Waals surface area (Å²) < 4.78 is 42.6. The molecule has 2 aromatic carbocycles. The Morgan fingerprint density at radius 2 is 1.91 bits per heavy atom. The van der Waals surface area contributed by atoms with E-state index in [2.05, 4.69) is 5.32 Å². The van der Waals surface area contributed by atoms with E-state index in [4.69, 9.17) is 4.74 Å². The molecule has 2 aromatic rings. The summed E-state index contributed by atoms with van der Waals surface area (Å²) in [4.78, 5) is 0.251. The lowest BCUT2D eigenvalue weighted by Gasteiger charge is -2.12. The first kappa shape index (κ1) is 16.3. The van der Waals surface area contributed by atoms with Crippen LogP contribution in [0.4, 0.5) is 10.1 Å². The van der Waals surface area contributed by atoms with E-state index in [-0.39, 0.29) is 10.6 Å². The van der Waals surface area contributed by atoms with Crippen molar-refractivity contribution >= 4 is 15.5 Å². The third-order valence-corrected chi connectivity index (χ3v) is 5.04. The van der Waals surface area contributed by atoms with Crippen LogP contribution in [0.1, 0.15) is 12.5 Å². The van der Waals surface area contributed by atoms with Crippen molar-refractivity contribution in [2.45, 2.75) is 18.4 Å². The largest absolute Gasteiger partial charge is 0.497 e. The highest BCUT2D eigenvalue weighted by Gasteiger charge is 2.15. The maximum Gasteiger partial charge on any atom is 0.180 e. The van der Waals surface area contributed by atoms with Crippen LogP contribution in [0.2, 0.25) is 0 Å². The monoisotopic (exact) mass is 323 g/mol. The Morgan fingerprint density at radius 3 is 2.59 bits per heavy atom. The van der Waals surface area contributed by atoms with Crippen LogP contribution in [-0.2, 0) is 16.4 Å². The van der Waals surface area contributed by atoms with Crippen LogP contribution in [0.15, 0.2) is 47.4 Å². The molecule has 4 nitrogen and oxygen atoms in total. The molecule has 0 unspecified atom stereocenters. The molecule has 0 bridgehead atoms. The summed E-state index contributed by atoms with van der Waals surface area (Å²) in [7, 11) is -1.85. The molecule has 0 radical (unpaired) electrons. The van der Waals surface area contributed by atoms with E-state index in [1.165, 1.54) is 19.2 Å². The van der Waals surface area contributed by atoms with Gasteiger partial charge in [-0.3, -0.25) is 0 Å². The second-order valence-corrected chi connectivity index (χ2v) is 7.00. The molecule has 0 aromatic heterocycles. The highest BCUT2D eigenvalue weighted by molar-refractivity contribution is 7.91. The minimum Gasteiger partial charge on any atom is -0.497 e. The molecule has 1 N–H and O–H groups in total. The van der Waals surface area contributed by atoms with Crippen LogP contribution >= 0.6 is 0 Å². The van der Waals surface area contributed by atoms with Crippen molar-refractivity contribution < 1.29 is 17.5 Å². The molecule has 0 saturated carbocycles. The van der Waals surface area contributed by atoms with Gasteiger partial charge < -0.3 is 10.1 Å². The maximum absolute atomic E-state index is 13.5. The van der Waals surface area contributed by atoms with Gasteiger partial charge in [-0.2, -0.15) is 0 Å². The number of nitrogens with one attached hydrogen (secondary N) is 1. The number of benzene rings is 2. The summed E-state index contributed by atoms with van der Waals surface area (Å²) in [6, 6.07) is 11.1. The second kappa shape index (κ2) is 6.79. The highest BCUT2D eigenvalue weighted by atomic mass is 32.2. The van der Waals surface area contributed by atoms with Gasteiger partial charge in [0.2, 0.25) is 0 Å². The number of hydrogen-bond acceptors (Lipinski definition) is 4. The van der Waals surface area contributed by atoms with Gasteiger partial charge in [0.05, 0.1) is 23.4 Å². The fraction of sp³-hybridized carbons (Fsp3) is 0.250. The van der Waals surface area contributed by atoms with Crippen LogP contribution in [0, 0.1) is 5.82 Å². The van der Waals surface area contributed by atoms with Crippen LogP contribution in [0.5, 0.6) is 5.75 Å². The lowest BCUT2D eigenvalue weighted by molar-refractivity contribution is 0.410. The molecule has 0 saturated heterocycles. The number of ether oxygens (including phenoxy) is 1. The number of halogens is 1. The Labute approximate surface area is 129 Å². The molecule has 0 amide bonds. The van der Waals surface area contributed by atoms with Gasteiger partial charge >= 0.3 is 0 Å². The van der Waals surface area contributed by atoms with Gasteiger partial charge in [-0.15, -0.1) is 0 Å². The Bertz CT molecular complexity index is 760. The lowest BCUT2D eigenvalue weighted by atomic mass is 10.2. The first-order valence-corrected chi connectivity index (χ1v) is 8.50. The van der Waals surface area contributed by atoms with Crippen molar-refractivity contribution in [3.8, 4) is 5.75 Å². The summed E-state index contributed by atoms with van der Waals surface area (Å²) in [5, 5.41) is 3.05. The molecule has 0 spiro atoms. The molecular formula is C16H18FNO3S. The van der Waals surface area contributed by atoms with Crippen molar-refractivity contribution in [1.29, 1.82) is 0 Å². The Morgan fingerprint density at radius 1 is 1.18 bits per heavy atom. The van der Waals surface area contributed by atoms with E-state index in [1.807, 2.05) is 0 Å². The van der Waals surface area contributed by atoms with E-state index < -0.39 is 15.7 Å². The standard InChI is InChI=1S/C16H18FNO3S/c1-3-22(19,20)16-7-5-4-6-15(16)18-11-12-8-13(17)10-14(9-12)21-2/h4-10,18H,3,11H2,1-2H3. The Balaban J connectivity index is 2.24. The second-order valence-electron chi connectivity index (χ2n) is 4.75. The molecule has 0 aliphatic rings. The molecule has 22 heavy (non-hydrogen) atoms. The molecule has 0 aliphatic carbocycles. The molecular weight excluding hydrogens is 305 g/mol. The smallest absolute Gasteiger partial charge is 0.180 e. The minimum absolute atomic E-state index is 0.0273. The van der Waals surface area contributed by atoms with Gasteiger partial charge in [0.1, 0.15) is 11.6 Å². The number of rotatable bonds is 6. The Hall–Kier alpha value is -2.08. The zero-order valence-corrected chi connectivity index (χ0v) is 13.3. The summed E-state index contributed by atoms with van der Waals surface area (Å²) in [5.74, 6) is 0.0522. The molecule has 0 heterocycles. The third kappa shape index (κ3) is 3.76. The van der Waals surface area contributed by atoms with Crippen molar-refractivity contribution in [2.24, 2.45) is 0 Å². The van der Waals surface area contributed by atoms with Crippen molar-refractivity contribution in [3.05, 3.63) is 53.8 Å². The number of anilines is 1. The van der Waals surface area contributed by atoms with E-state index in [1.54, 1.807) is 37.3 Å². The molecule has 0 fully saturated rings. The van der Waals surface area contributed by atoms with Crippen molar-refractivity contribution in [2.75, 3.05) is 18.2 Å². The number of hydrogen-bond donors (Lipinski definition) is 1. The maximum atomic E-state index is 13.5. The van der Waals surface area contributed by atoms with E-state index in [0.717, 1.165) is 0 Å². The number of methoxy groups -OCH3 is 1. The SMILES string of the molecule is CCS(=O)(=O)c1ccccc1NCc1cc(F)cc(OC)c1. The van der Waals surface area contributed by atoms with Crippen molar-refractivity contribution in [1.82, 2.24) is 0 Å². The van der Waals surface area contributed by atoms with Gasteiger partial charge in [-0.1, -0.05) is 19.1 Å². The van der Waals surface area contributed by atoms with Gasteiger partial charge in [-0.05, 0) is 29.8 Å². The number of para-hydroxylation sites is 1. The topological polar surface area (TPSA) is 55.4 Å². The van der Waals surface area contributed by atoms with Crippen molar-refractivity contribution in [3.63, 3.8) is 0 Å². The predicted molar refractivity (Wildman–Crippen MR) is 84.4 cm³/mol. The third-order valence-electron chi connectivity index (χ3n) is 3.25. The van der Waals surface area contributed by atoms with Gasteiger partial charge in [0.15, 0.2) is 9.84 Å². The molecule has 0 aliphatic heterocycles. The zero-order chi connectivity index (χ0) is 16.2. The average molecular weight is 323 g/mol. The quantitative estimate of drug-likeness (QED) is 0.887. The molecule has 118 valence electrons. The zero-order valence-electron chi connectivity index (χ0n) is 12.5. The summed E-state index contributed by atoms with van der Waals surface area (Å²) >= 11 is 0. The van der Waals surface area contributed by atoms with Crippen LogP contribution in [0.3, 0.4) is 0 Å². The summed E-state index contributed by atoms with van der Waals surface area (Å²) in [6.07, 6.45) is 0. The van der Waals surface area contributed by atoms with Crippen LogP contribution in [-0.4, -0.2) is 21.3 Å². The van der Waals surface area contributed by atoms with Gasteiger partial charge in [-0.25, -0.2) is 12.8 Å².